The fraction of sp³-hybridized carbons (Fsp3) is 0.708. The van der Waals surface area contributed by atoms with E-state index in [9.17, 15) is 4.79 Å². The molecule has 26 heavy (non-hydrogen) atoms. The topological polar surface area (TPSA) is 20.3 Å². The highest BCUT2D eigenvalue weighted by atomic mass is 16.2. The average molecular weight is 360 g/mol. The molecule has 0 fully saturated rings. The molecule has 0 heterocycles. The van der Waals surface area contributed by atoms with Crippen LogP contribution in [0.2, 0.25) is 0 Å². The SMILES string of the molecule is CCCCCCCCN(CCCCCCCC)C(=O)c1ccc(C)cc1. The summed E-state index contributed by atoms with van der Waals surface area (Å²) >= 11 is 0. The number of rotatable bonds is 15. The molecule has 0 N–H and O–H groups in total. The number of amides is 1. The summed E-state index contributed by atoms with van der Waals surface area (Å²) in [4.78, 5) is 15.0. The van der Waals surface area contributed by atoms with Gasteiger partial charge in [-0.15, -0.1) is 0 Å². The average Bonchev–Trinajstić information content (AvgIpc) is 2.65. The Kier molecular flexibility index (Phi) is 13.0. The zero-order valence-electron chi connectivity index (χ0n) is 17.6. The lowest BCUT2D eigenvalue weighted by molar-refractivity contribution is 0.0749. The van der Waals surface area contributed by atoms with Gasteiger partial charge in [0.05, 0.1) is 0 Å². The lowest BCUT2D eigenvalue weighted by Crippen LogP contribution is -2.33. The van der Waals surface area contributed by atoms with Crippen LogP contribution < -0.4 is 0 Å². The Balaban J connectivity index is 2.45. The van der Waals surface area contributed by atoms with Crippen molar-refractivity contribution in [1.82, 2.24) is 4.90 Å². The fourth-order valence-electron chi connectivity index (χ4n) is 3.36. The highest BCUT2D eigenvalue weighted by Crippen LogP contribution is 2.13. The molecule has 1 aromatic carbocycles. The van der Waals surface area contributed by atoms with Gasteiger partial charge in [0.25, 0.3) is 5.91 Å². The van der Waals surface area contributed by atoms with E-state index in [0.717, 1.165) is 31.5 Å². The highest BCUT2D eigenvalue weighted by molar-refractivity contribution is 5.94. The quantitative estimate of drug-likeness (QED) is 0.304. The number of carbonyl (C=O) groups excluding carboxylic acids is 1. The van der Waals surface area contributed by atoms with Crippen molar-refractivity contribution >= 4 is 5.91 Å². The molecule has 1 amide bonds. The van der Waals surface area contributed by atoms with Gasteiger partial charge in [-0.1, -0.05) is 95.8 Å². The third-order valence-electron chi connectivity index (χ3n) is 5.15. The van der Waals surface area contributed by atoms with Crippen LogP contribution in [0.3, 0.4) is 0 Å². The lowest BCUT2D eigenvalue weighted by Gasteiger charge is -2.23. The van der Waals surface area contributed by atoms with Crippen LogP contribution in [0.1, 0.15) is 107 Å². The summed E-state index contributed by atoms with van der Waals surface area (Å²) in [7, 11) is 0. The van der Waals surface area contributed by atoms with Crippen LogP contribution in [0, 0.1) is 6.92 Å². The molecule has 0 aliphatic carbocycles. The predicted octanol–water partition coefficient (Wildman–Crippen LogP) is 7.16. The summed E-state index contributed by atoms with van der Waals surface area (Å²) in [6, 6.07) is 8.04. The normalized spacial score (nSPS) is 10.9. The Morgan fingerprint density at radius 1 is 0.692 bits per heavy atom. The smallest absolute Gasteiger partial charge is 0.253 e. The van der Waals surface area contributed by atoms with E-state index in [1.807, 2.05) is 24.3 Å². The monoisotopic (exact) mass is 359 g/mol. The molecule has 0 spiro atoms. The lowest BCUT2D eigenvalue weighted by atomic mass is 10.1. The summed E-state index contributed by atoms with van der Waals surface area (Å²) in [6.07, 6.45) is 15.3. The Hall–Kier alpha value is -1.31. The minimum Gasteiger partial charge on any atom is -0.339 e. The molecular formula is C24H41NO. The molecule has 0 saturated carbocycles. The molecular weight excluding hydrogens is 318 g/mol. The van der Waals surface area contributed by atoms with E-state index >= 15 is 0 Å². The van der Waals surface area contributed by atoms with Crippen molar-refractivity contribution in [3.63, 3.8) is 0 Å². The van der Waals surface area contributed by atoms with Gasteiger partial charge >= 0.3 is 0 Å². The van der Waals surface area contributed by atoms with Gasteiger partial charge in [-0.05, 0) is 31.9 Å². The van der Waals surface area contributed by atoms with Crippen LogP contribution in [-0.4, -0.2) is 23.9 Å². The number of benzene rings is 1. The molecule has 1 aromatic rings. The van der Waals surface area contributed by atoms with Gasteiger partial charge < -0.3 is 4.90 Å². The number of aryl methyl sites for hydroxylation is 1. The summed E-state index contributed by atoms with van der Waals surface area (Å²) in [5.74, 6) is 0.215. The minimum atomic E-state index is 0.215. The van der Waals surface area contributed by atoms with Crippen LogP contribution in [0.5, 0.6) is 0 Å². The second kappa shape index (κ2) is 14.8. The molecule has 0 saturated heterocycles. The summed E-state index contributed by atoms with van der Waals surface area (Å²) < 4.78 is 0. The largest absolute Gasteiger partial charge is 0.339 e. The van der Waals surface area contributed by atoms with Gasteiger partial charge in [0, 0.05) is 18.7 Å². The maximum Gasteiger partial charge on any atom is 0.253 e. The predicted molar refractivity (Wildman–Crippen MR) is 114 cm³/mol. The van der Waals surface area contributed by atoms with Crippen molar-refractivity contribution < 1.29 is 4.79 Å². The van der Waals surface area contributed by atoms with Crippen LogP contribution >= 0.6 is 0 Å². The Morgan fingerprint density at radius 3 is 1.58 bits per heavy atom. The van der Waals surface area contributed by atoms with Crippen LogP contribution in [0.4, 0.5) is 0 Å². The first-order valence-corrected chi connectivity index (χ1v) is 11.0. The molecule has 0 aliphatic heterocycles. The molecule has 1 rings (SSSR count). The molecule has 2 heteroatoms. The molecule has 0 bridgehead atoms. The third kappa shape index (κ3) is 9.99. The van der Waals surface area contributed by atoms with Crippen molar-refractivity contribution in [1.29, 1.82) is 0 Å². The van der Waals surface area contributed by atoms with E-state index in [-0.39, 0.29) is 5.91 Å². The van der Waals surface area contributed by atoms with Crippen LogP contribution in [-0.2, 0) is 0 Å². The maximum atomic E-state index is 12.9. The number of nitrogens with zero attached hydrogens (tertiary/aromatic N) is 1. The molecule has 0 atom stereocenters. The fourth-order valence-corrected chi connectivity index (χ4v) is 3.36. The third-order valence-corrected chi connectivity index (χ3v) is 5.15. The first-order chi connectivity index (χ1) is 12.7. The van der Waals surface area contributed by atoms with E-state index < -0.39 is 0 Å². The van der Waals surface area contributed by atoms with Gasteiger partial charge in [-0.3, -0.25) is 4.79 Å². The van der Waals surface area contributed by atoms with Crippen LogP contribution in [0.25, 0.3) is 0 Å². The van der Waals surface area contributed by atoms with Crippen molar-refractivity contribution in [2.45, 2.75) is 97.8 Å². The minimum absolute atomic E-state index is 0.215. The van der Waals surface area contributed by atoms with E-state index in [4.69, 9.17) is 0 Å². The second-order valence-electron chi connectivity index (χ2n) is 7.69. The van der Waals surface area contributed by atoms with E-state index in [0.29, 0.717) is 0 Å². The number of unbranched alkanes of at least 4 members (excludes halogenated alkanes) is 10. The number of carbonyl (C=O) groups is 1. The molecule has 2 nitrogen and oxygen atoms in total. The van der Waals surface area contributed by atoms with Crippen LogP contribution in [0.15, 0.2) is 24.3 Å². The van der Waals surface area contributed by atoms with Crippen molar-refractivity contribution in [2.24, 2.45) is 0 Å². The van der Waals surface area contributed by atoms with E-state index in [1.54, 1.807) is 0 Å². The zero-order valence-corrected chi connectivity index (χ0v) is 17.6. The zero-order chi connectivity index (χ0) is 19.0. The van der Waals surface area contributed by atoms with Gasteiger partial charge in [-0.25, -0.2) is 0 Å². The van der Waals surface area contributed by atoms with Crippen molar-refractivity contribution in [3.05, 3.63) is 35.4 Å². The first-order valence-electron chi connectivity index (χ1n) is 11.0. The Labute approximate surface area is 162 Å². The maximum absolute atomic E-state index is 12.9. The molecule has 0 radical (unpaired) electrons. The highest BCUT2D eigenvalue weighted by Gasteiger charge is 2.14. The Morgan fingerprint density at radius 2 is 1.12 bits per heavy atom. The van der Waals surface area contributed by atoms with E-state index in [2.05, 4.69) is 25.7 Å². The van der Waals surface area contributed by atoms with Gasteiger partial charge in [0.2, 0.25) is 0 Å². The van der Waals surface area contributed by atoms with Gasteiger partial charge in [0.1, 0.15) is 0 Å². The molecule has 0 aromatic heterocycles. The number of hydrogen-bond acceptors (Lipinski definition) is 1. The molecule has 0 unspecified atom stereocenters. The standard InChI is InChI=1S/C24H41NO/c1-4-6-8-10-12-14-20-25(21-15-13-11-9-7-5-2)24(26)23-18-16-22(3)17-19-23/h16-19H,4-15,20-21H2,1-3H3. The van der Waals surface area contributed by atoms with Gasteiger partial charge in [-0.2, -0.15) is 0 Å². The van der Waals surface area contributed by atoms with Crippen molar-refractivity contribution in [3.8, 4) is 0 Å². The summed E-state index contributed by atoms with van der Waals surface area (Å²) in [5.41, 5.74) is 2.05. The number of hydrogen-bond donors (Lipinski definition) is 0. The van der Waals surface area contributed by atoms with Gasteiger partial charge in [0.15, 0.2) is 0 Å². The summed E-state index contributed by atoms with van der Waals surface area (Å²) in [6.45, 7) is 8.39. The van der Waals surface area contributed by atoms with Crippen molar-refractivity contribution in [2.75, 3.05) is 13.1 Å². The molecule has 148 valence electrons. The molecule has 0 aliphatic rings. The Bertz CT molecular complexity index is 450. The summed E-state index contributed by atoms with van der Waals surface area (Å²) in [5, 5.41) is 0. The first kappa shape index (κ1) is 22.7. The van der Waals surface area contributed by atoms with E-state index in [1.165, 1.54) is 69.8 Å². The second-order valence-corrected chi connectivity index (χ2v) is 7.69.